The molecule has 8 heteroatoms. The lowest BCUT2D eigenvalue weighted by molar-refractivity contribution is -0.178. The Labute approximate surface area is 164 Å². The van der Waals surface area contributed by atoms with Crippen molar-refractivity contribution in [3.63, 3.8) is 0 Å². The molecule has 0 radical (unpaired) electrons. The number of aliphatic carboxylic acids is 1. The topological polar surface area (TPSA) is 102 Å². The van der Waals surface area contributed by atoms with Crippen molar-refractivity contribution in [3.8, 4) is 0 Å². The number of carboxylic acids is 1. The number of hydrogen-bond donors (Lipinski definition) is 2. The number of carboxylic acid groups (broad SMARTS) is 1. The predicted octanol–water partition coefficient (Wildman–Crippen LogP) is 3.49. The molecule has 2 N–H and O–H groups in total. The third kappa shape index (κ3) is 8.30. The Bertz CT molecular complexity index is 661. The molecular formula is C19H26ClNO6. The Kier molecular flexibility index (Phi) is 9.08. The minimum absolute atomic E-state index is 0.135. The number of rotatable bonds is 9. The van der Waals surface area contributed by atoms with Crippen molar-refractivity contribution in [2.24, 2.45) is 17.8 Å². The first kappa shape index (κ1) is 22.8. The molecule has 0 saturated carbocycles. The van der Waals surface area contributed by atoms with Crippen molar-refractivity contribution in [1.29, 1.82) is 0 Å². The van der Waals surface area contributed by atoms with E-state index in [1.807, 2.05) is 0 Å². The zero-order chi connectivity index (χ0) is 20.6. The van der Waals surface area contributed by atoms with Gasteiger partial charge in [0.1, 0.15) is 0 Å². The maximum atomic E-state index is 12.0. The summed E-state index contributed by atoms with van der Waals surface area (Å²) >= 11 is 5.91. The Morgan fingerprint density at radius 3 is 2.33 bits per heavy atom. The van der Waals surface area contributed by atoms with Gasteiger partial charge in [-0.15, -0.1) is 0 Å². The fourth-order valence-corrected chi connectivity index (χ4v) is 2.31. The van der Waals surface area contributed by atoms with E-state index in [4.69, 9.17) is 21.1 Å². The van der Waals surface area contributed by atoms with Gasteiger partial charge in [0.25, 0.3) is 6.29 Å². The molecule has 0 spiro atoms. The number of alkyl carbamates (subject to hydrolysis) is 1. The molecule has 0 aliphatic rings. The van der Waals surface area contributed by atoms with Crippen LogP contribution in [0.1, 0.15) is 33.3 Å². The predicted molar refractivity (Wildman–Crippen MR) is 100 cm³/mol. The standard InChI is InChI=1S/C19H26ClNO6/c1-11(2)17(24)26-18(12(3)4)27-19(25)21-10-14(16(22)23)8-13-6-5-7-15(20)9-13/h5-7,9,11-12,14,18H,8,10H2,1-4H3,(H,21,25)(H,22,23)/t14-,18-/m0/s1. The molecule has 0 aromatic heterocycles. The minimum Gasteiger partial charge on any atom is -0.481 e. The summed E-state index contributed by atoms with van der Waals surface area (Å²) in [5.41, 5.74) is 0.746. The van der Waals surface area contributed by atoms with E-state index >= 15 is 0 Å². The first-order chi connectivity index (χ1) is 12.6. The zero-order valence-corrected chi connectivity index (χ0v) is 16.7. The maximum absolute atomic E-state index is 12.0. The number of carbonyl (C=O) groups is 3. The van der Waals surface area contributed by atoms with E-state index < -0.39 is 30.2 Å². The Morgan fingerprint density at radius 1 is 1.15 bits per heavy atom. The normalized spacial score (nSPS) is 13.1. The monoisotopic (exact) mass is 399 g/mol. The van der Waals surface area contributed by atoms with Crippen LogP contribution < -0.4 is 5.32 Å². The minimum atomic E-state index is -1.05. The van der Waals surface area contributed by atoms with E-state index in [1.54, 1.807) is 52.0 Å². The molecule has 0 heterocycles. The summed E-state index contributed by atoms with van der Waals surface area (Å²) < 4.78 is 10.3. The zero-order valence-electron chi connectivity index (χ0n) is 15.9. The van der Waals surface area contributed by atoms with E-state index in [0.717, 1.165) is 5.56 Å². The summed E-state index contributed by atoms with van der Waals surface area (Å²) in [6.45, 7) is 6.69. The van der Waals surface area contributed by atoms with Crippen molar-refractivity contribution in [3.05, 3.63) is 34.9 Å². The molecule has 1 rings (SSSR count). The van der Waals surface area contributed by atoms with Crippen LogP contribution >= 0.6 is 11.6 Å². The summed E-state index contributed by atoms with van der Waals surface area (Å²) in [6, 6.07) is 6.87. The van der Waals surface area contributed by atoms with Crippen LogP contribution in [0.25, 0.3) is 0 Å². The summed E-state index contributed by atoms with van der Waals surface area (Å²) in [7, 11) is 0. The van der Waals surface area contributed by atoms with Crippen LogP contribution in [0, 0.1) is 17.8 Å². The highest BCUT2D eigenvalue weighted by molar-refractivity contribution is 6.30. The molecule has 0 unspecified atom stereocenters. The first-order valence-corrected chi connectivity index (χ1v) is 9.10. The van der Waals surface area contributed by atoms with Crippen LogP contribution in [0.3, 0.4) is 0 Å². The molecule has 0 aliphatic heterocycles. The van der Waals surface area contributed by atoms with Gasteiger partial charge < -0.3 is 19.9 Å². The highest BCUT2D eigenvalue weighted by Gasteiger charge is 2.25. The van der Waals surface area contributed by atoms with Gasteiger partial charge in [-0.3, -0.25) is 9.59 Å². The molecule has 0 aliphatic carbocycles. The second kappa shape index (κ2) is 10.8. The lowest BCUT2D eigenvalue weighted by Gasteiger charge is -2.23. The van der Waals surface area contributed by atoms with Gasteiger partial charge in [0, 0.05) is 17.5 Å². The smallest absolute Gasteiger partial charge is 0.410 e. The van der Waals surface area contributed by atoms with E-state index in [1.165, 1.54) is 0 Å². The van der Waals surface area contributed by atoms with Gasteiger partial charge >= 0.3 is 18.0 Å². The second-order valence-corrected chi connectivity index (χ2v) is 7.30. The van der Waals surface area contributed by atoms with Crippen molar-refractivity contribution in [1.82, 2.24) is 5.32 Å². The summed E-state index contributed by atoms with van der Waals surface area (Å²) in [6.07, 6.45) is -1.69. The third-order valence-corrected chi connectivity index (χ3v) is 3.92. The van der Waals surface area contributed by atoms with Crippen LogP contribution in [0.15, 0.2) is 24.3 Å². The van der Waals surface area contributed by atoms with Gasteiger partial charge in [0.05, 0.1) is 11.8 Å². The SMILES string of the molecule is CC(C)C(=O)O[C@@H](OC(=O)NC[C@H](Cc1cccc(Cl)c1)C(=O)O)C(C)C. The molecule has 1 amide bonds. The summed E-state index contributed by atoms with van der Waals surface area (Å²) in [5, 5.41) is 12.3. The Balaban J connectivity index is 2.62. The van der Waals surface area contributed by atoms with Crippen LogP contribution in [0.2, 0.25) is 5.02 Å². The van der Waals surface area contributed by atoms with Crippen molar-refractivity contribution >= 4 is 29.6 Å². The number of halogens is 1. The third-order valence-electron chi connectivity index (χ3n) is 3.68. The first-order valence-electron chi connectivity index (χ1n) is 8.72. The Hall–Kier alpha value is -2.28. The van der Waals surface area contributed by atoms with Gasteiger partial charge in [0.2, 0.25) is 0 Å². The van der Waals surface area contributed by atoms with Crippen molar-refractivity contribution in [2.45, 2.75) is 40.4 Å². The van der Waals surface area contributed by atoms with E-state index in [9.17, 15) is 19.5 Å². The molecule has 2 atom stereocenters. The van der Waals surface area contributed by atoms with E-state index in [2.05, 4.69) is 5.32 Å². The second-order valence-electron chi connectivity index (χ2n) is 6.86. The maximum Gasteiger partial charge on any atom is 0.410 e. The van der Waals surface area contributed by atoms with Gasteiger partial charge in [-0.2, -0.15) is 0 Å². The van der Waals surface area contributed by atoms with Gasteiger partial charge in [-0.05, 0) is 24.1 Å². The van der Waals surface area contributed by atoms with Gasteiger partial charge in [-0.25, -0.2) is 4.79 Å². The summed E-state index contributed by atoms with van der Waals surface area (Å²) in [4.78, 5) is 35.2. The van der Waals surface area contributed by atoms with Crippen LogP contribution in [0.5, 0.6) is 0 Å². The fourth-order valence-electron chi connectivity index (χ4n) is 2.10. The number of carbonyl (C=O) groups excluding carboxylic acids is 2. The fraction of sp³-hybridized carbons (Fsp3) is 0.526. The van der Waals surface area contributed by atoms with Crippen molar-refractivity contribution in [2.75, 3.05) is 6.54 Å². The molecule has 27 heavy (non-hydrogen) atoms. The molecule has 150 valence electrons. The van der Waals surface area contributed by atoms with Crippen LogP contribution in [-0.2, 0) is 25.5 Å². The molecular weight excluding hydrogens is 374 g/mol. The Morgan fingerprint density at radius 2 is 1.81 bits per heavy atom. The highest BCUT2D eigenvalue weighted by Crippen LogP contribution is 2.15. The number of benzene rings is 1. The average Bonchev–Trinajstić information content (AvgIpc) is 2.57. The van der Waals surface area contributed by atoms with E-state index in [-0.39, 0.29) is 24.8 Å². The number of amides is 1. The number of esters is 1. The molecule has 1 aromatic rings. The molecule has 0 saturated heterocycles. The highest BCUT2D eigenvalue weighted by atomic mass is 35.5. The molecule has 7 nitrogen and oxygen atoms in total. The van der Waals surface area contributed by atoms with Crippen LogP contribution in [0.4, 0.5) is 4.79 Å². The molecule has 1 aromatic carbocycles. The largest absolute Gasteiger partial charge is 0.481 e. The quantitative estimate of drug-likeness (QED) is 0.486. The molecule has 0 fully saturated rings. The summed E-state index contributed by atoms with van der Waals surface area (Å²) in [5.74, 6) is -2.99. The molecule has 0 bridgehead atoms. The van der Waals surface area contributed by atoms with Gasteiger partial charge in [-0.1, -0.05) is 51.4 Å². The number of hydrogen-bond acceptors (Lipinski definition) is 5. The average molecular weight is 400 g/mol. The van der Waals surface area contributed by atoms with E-state index in [0.29, 0.717) is 5.02 Å². The van der Waals surface area contributed by atoms with Crippen molar-refractivity contribution < 1.29 is 29.0 Å². The number of nitrogens with one attached hydrogen (secondary N) is 1. The number of ether oxygens (including phenoxy) is 2. The van der Waals surface area contributed by atoms with Gasteiger partial charge in [0.15, 0.2) is 0 Å². The lowest BCUT2D eigenvalue weighted by Crippen LogP contribution is -2.39. The lowest BCUT2D eigenvalue weighted by atomic mass is 9.99. The van der Waals surface area contributed by atoms with Crippen LogP contribution in [-0.4, -0.2) is 36.0 Å².